The van der Waals surface area contributed by atoms with E-state index in [1.54, 1.807) is 25.1 Å². The zero-order chi connectivity index (χ0) is 15.9. The van der Waals surface area contributed by atoms with Crippen molar-refractivity contribution in [2.75, 3.05) is 33.7 Å². The van der Waals surface area contributed by atoms with Crippen molar-refractivity contribution in [1.82, 2.24) is 14.8 Å². The summed E-state index contributed by atoms with van der Waals surface area (Å²) >= 11 is 2.23. The molecule has 1 fully saturated rings. The number of nitrogens with zero attached hydrogens (tertiary/aromatic N) is 3. The number of halogens is 1. The summed E-state index contributed by atoms with van der Waals surface area (Å²) in [5.41, 5.74) is 0. The normalized spacial score (nSPS) is 19.3. The smallest absolute Gasteiger partial charge is 0.245 e. The van der Waals surface area contributed by atoms with E-state index in [9.17, 15) is 4.79 Å². The fourth-order valence-electron chi connectivity index (χ4n) is 2.33. The lowest BCUT2D eigenvalue weighted by Crippen LogP contribution is -2.41. The third kappa shape index (κ3) is 5.57. The van der Waals surface area contributed by atoms with Crippen molar-refractivity contribution in [3.05, 3.63) is 34.1 Å². The first-order valence-electron chi connectivity index (χ1n) is 7.43. The highest BCUT2D eigenvalue weighted by Gasteiger charge is 2.20. The van der Waals surface area contributed by atoms with Gasteiger partial charge in [-0.15, -0.1) is 0 Å². The van der Waals surface area contributed by atoms with Gasteiger partial charge < -0.3 is 9.64 Å². The van der Waals surface area contributed by atoms with Crippen LogP contribution in [0.25, 0.3) is 0 Å². The number of aromatic nitrogens is 1. The van der Waals surface area contributed by atoms with Gasteiger partial charge in [-0.05, 0) is 48.0 Å². The molecule has 2 heterocycles. The van der Waals surface area contributed by atoms with E-state index in [2.05, 4.69) is 32.5 Å². The zero-order valence-electron chi connectivity index (χ0n) is 13.0. The number of ether oxygens (including phenoxy) is 1. The summed E-state index contributed by atoms with van der Waals surface area (Å²) in [6, 6.07) is 3.91. The molecule has 1 unspecified atom stereocenters. The average molecular weight is 415 g/mol. The summed E-state index contributed by atoms with van der Waals surface area (Å²) in [6.45, 7) is 2.69. The van der Waals surface area contributed by atoms with E-state index >= 15 is 0 Å². The Balaban J connectivity index is 1.81. The van der Waals surface area contributed by atoms with Crippen molar-refractivity contribution in [3.63, 3.8) is 0 Å². The largest absolute Gasteiger partial charge is 0.473 e. The summed E-state index contributed by atoms with van der Waals surface area (Å²) in [6.07, 6.45) is 7.68. The predicted octanol–water partition coefficient (Wildman–Crippen LogP) is 2.17. The molecule has 1 amide bonds. The van der Waals surface area contributed by atoms with Gasteiger partial charge in [0.05, 0.1) is 0 Å². The predicted molar refractivity (Wildman–Crippen MR) is 94.9 cm³/mol. The average Bonchev–Trinajstić information content (AvgIpc) is 2.50. The van der Waals surface area contributed by atoms with E-state index in [0.717, 1.165) is 36.0 Å². The second-order valence-electron chi connectivity index (χ2n) is 5.59. The van der Waals surface area contributed by atoms with Crippen LogP contribution >= 0.6 is 22.6 Å². The van der Waals surface area contributed by atoms with Crippen LogP contribution in [0.3, 0.4) is 0 Å². The number of rotatable bonds is 5. The van der Waals surface area contributed by atoms with Crippen molar-refractivity contribution in [2.45, 2.75) is 18.9 Å². The van der Waals surface area contributed by atoms with Gasteiger partial charge in [-0.2, -0.15) is 0 Å². The van der Waals surface area contributed by atoms with Gasteiger partial charge in [0.15, 0.2) is 0 Å². The Morgan fingerprint density at radius 2 is 2.36 bits per heavy atom. The number of likely N-dealkylation sites (N-methyl/N-ethyl adjacent to an activating group) is 1. The van der Waals surface area contributed by atoms with E-state index in [4.69, 9.17) is 4.74 Å². The van der Waals surface area contributed by atoms with E-state index < -0.39 is 0 Å². The maximum absolute atomic E-state index is 11.5. The maximum atomic E-state index is 11.5. The Bertz CT molecular complexity index is 517. The number of carbonyl (C=O) groups is 1. The molecule has 1 aliphatic rings. The highest BCUT2D eigenvalue weighted by atomic mass is 127. The highest BCUT2D eigenvalue weighted by Crippen LogP contribution is 2.17. The van der Waals surface area contributed by atoms with Crippen molar-refractivity contribution >= 4 is 28.5 Å². The Hall–Kier alpha value is -1.15. The van der Waals surface area contributed by atoms with Crippen LogP contribution in [0, 0.1) is 3.57 Å². The minimum Gasteiger partial charge on any atom is -0.473 e. The van der Waals surface area contributed by atoms with Crippen LogP contribution < -0.4 is 4.74 Å². The number of piperidine rings is 1. The van der Waals surface area contributed by atoms with Gasteiger partial charge in [-0.1, -0.05) is 6.08 Å². The van der Waals surface area contributed by atoms with E-state index in [-0.39, 0.29) is 12.0 Å². The van der Waals surface area contributed by atoms with E-state index in [1.807, 2.05) is 24.4 Å². The molecule has 0 radical (unpaired) electrons. The molecule has 0 saturated carbocycles. The van der Waals surface area contributed by atoms with Crippen molar-refractivity contribution < 1.29 is 9.53 Å². The van der Waals surface area contributed by atoms with E-state index in [1.165, 1.54) is 0 Å². The van der Waals surface area contributed by atoms with Crippen molar-refractivity contribution in [1.29, 1.82) is 0 Å². The fourth-order valence-corrected chi connectivity index (χ4v) is 2.65. The van der Waals surface area contributed by atoms with Gasteiger partial charge in [-0.3, -0.25) is 9.69 Å². The first kappa shape index (κ1) is 17.2. The molecule has 0 aliphatic carbocycles. The van der Waals surface area contributed by atoms with Crippen LogP contribution in [0.1, 0.15) is 12.8 Å². The summed E-state index contributed by atoms with van der Waals surface area (Å²) < 4.78 is 7.05. The van der Waals surface area contributed by atoms with Gasteiger partial charge >= 0.3 is 0 Å². The van der Waals surface area contributed by atoms with Crippen molar-refractivity contribution in [3.8, 4) is 5.88 Å². The summed E-state index contributed by atoms with van der Waals surface area (Å²) in [5, 5.41) is 0. The molecule has 1 aromatic rings. The lowest BCUT2D eigenvalue weighted by molar-refractivity contribution is -0.123. The molecule has 0 N–H and O–H groups in total. The molecule has 1 aromatic heterocycles. The molecule has 0 bridgehead atoms. The molecule has 120 valence electrons. The number of carbonyl (C=O) groups excluding carboxylic acids is 1. The molecular weight excluding hydrogens is 393 g/mol. The highest BCUT2D eigenvalue weighted by molar-refractivity contribution is 14.1. The van der Waals surface area contributed by atoms with Crippen LogP contribution in [-0.4, -0.2) is 60.5 Å². The minimum atomic E-state index is 0.0212. The van der Waals surface area contributed by atoms with Gasteiger partial charge in [-0.25, -0.2) is 4.98 Å². The monoisotopic (exact) mass is 415 g/mol. The van der Waals surface area contributed by atoms with Crippen molar-refractivity contribution in [2.24, 2.45) is 0 Å². The van der Waals surface area contributed by atoms with Crippen LogP contribution in [0.4, 0.5) is 0 Å². The molecule has 22 heavy (non-hydrogen) atoms. The Morgan fingerprint density at radius 3 is 3.05 bits per heavy atom. The molecule has 0 spiro atoms. The second-order valence-corrected chi connectivity index (χ2v) is 6.84. The molecule has 6 heteroatoms. The van der Waals surface area contributed by atoms with Gasteiger partial charge in [0, 0.05) is 49.1 Å². The molecule has 2 rings (SSSR count). The van der Waals surface area contributed by atoms with Crippen LogP contribution in [-0.2, 0) is 4.79 Å². The third-order valence-electron chi connectivity index (χ3n) is 3.51. The quantitative estimate of drug-likeness (QED) is 0.547. The first-order valence-corrected chi connectivity index (χ1v) is 8.51. The topological polar surface area (TPSA) is 45.7 Å². The number of amides is 1. The lowest BCUT2D eigenvalue weighted by atomic mass is 10.1. The standard InChI is InChI=1S/C16H22IN3O2/c1-19(2)16(21)6-4-10-20-9-3-5-14(12-20)22-15-8-7-13(17)11-18-15/h4,6-8,11,14H,3,5,9-10,12H2,1-2H3. The molecule has 1 aliphatic heterocycles. The maximum Gasteiger partial charge on any atom is 0.245 e. The fraction of sp³-hybridized carbons (Fsp3) is 0.500. The molecule has 1 atom stereocenters. The minimum absolute atomic E-state index is 0.0212. The van der Waals surface area contributed by atoms with Gasteiger partial charge in [0.1, 0.15) is 6.10 Å². The number of likely N-dealkylation sites (tertiary alicyclic amines) is 1. The third-order valence-corrected chi connectivity index (χ3v) is 4.15. The molecule has 5 nitrogen and oxygen atoms in total. The Kier molecular flexibility index (Phi) is 6.63. The summed E-state index contributed by atoms with van der Waals surface area (Å²) in [4.78, 5) is 19.7. The molecule has 0 aromatic carbocycles. The van der Waals surface area contributed by atoms with Crippen LogP contribution in [0.15, 0.2) is 30.5 Å². The summed E-state index contributed by atoms with van der Waals surface area (Å²) in [5.74, 6) is 0.707. The van der Waals surface area contributed by atoms with Crippen LogP contribution in [0.5, 0.6) is 5.88 Å². The SMILES string of the molecule is CN(C)C(=O)C=CCN1CCCC(Oc2ccc(I)cn2)C1. The lowest BCUT2D eigenvalue weighted by Gasteiger charge is -2.31. The Morgan fingerprint density at radius 1 is 1.55 bits per heavy atom. The molecular formula is C16H22IN3O2. The molecule has 1 saturated heterocycles. The second kappa shape index (κ2) is 8.47. The van der Waals surface area contributed by atoms with Gasteiger partial charge in [0.2, 0.25) is 11.8 Å². The Labute approximate surface area is 145 Å². The summed E-state index contributed by atoms with van der Waals surface area (Å²) in [7, 11) is 3.51. The van der Waals surface area contributed by atoms with Gasteiger partial charge in [0.25, 0.3) is 0 Å². The number of hydrogen-bond donors (Lipinski definition) is 0. The number of hydrogen-bond acceptors (Lipinski definition) is 4. The zero-order valence-corrected chi connectivity index (χ0v) is 15.2. The first-order chi connectivity index (χ1) is 10.5. The van der Waals surface area contributed by atoms with E-state index in [0.29, 0.717) is 5.88 Å². The van der Waals surface area contributed by atoms with Crippen LogP contribution in [0.2, 0.25) is 0 Å². The number of pyridine rings is 1.